The average molecular weight is 432 g/mol. The van der Waals surface area contributed by atoms with Crippen molar-refractivity contribution < 1.29 is 4.79 Å². The second kappa shape index (κ2) is 9.14. The van der Waals surface area contributed by atoms with Gasteiger partial charge >= 0.3 is 0 Å². The zero-order chi connectivity index (χ0) is 21.8. The lowest BCUT2D eigenvalue weighted by Crippen LogP contribution is -2.27. The molecule has 1 amide bonds. The van der Waals surface area contributed by atoms with E-state index in [2.05, 4.69) is 10.3 Å². The molecule has 0 aliphatic carbocycles. The molecule has 0 unspecified atom stereocenters. The lowest BCUT2D eigenvalue weighted by atomic mass is 10.1. The van der Waals surface area contributed by atoms with Gasteiger partial charge in [-0.1, -0.05) is 60.1 Å². The minimum Gasteiger partial charge on any atom is -0.352 e. The van der Waals surface area contributed by atoms with Crippen molar-refractivity contribution in [2.75, 3.05) is 6.54 Å². The molecule has 0 fully saturated rings. The number of fused-ring (bicyclic) bond motifs is 1. The molecule has 1 N–H and O–H groups in total. The van der Waals surface area contributed by atoms with E-state index in [-0.39, 0.29) is 11.5 Å². The first kappa shape index (κ1) is 20.8. The van der Waals surface area contributed by atoms with E-state index in [9.17, 15) is 9.59 Å². The van der Waals surface area contributed by atoms with E-state index in [1.54, 1.807) is 29.7 Å². The zero-order valence-electron chi connectivity index (χ0n) is 17.1. The van der Waals surface area contributed by atoms with Crippen molar-refractivity contribution in [3.63, 3.8) is 0 Å². The van der Waals surface area contributed by atoms with Gasteiger partial charge in [-0.2, -0.15) is 0 Å². The Morgan fingerprint density at radius 2 is 1.77 bits per heavy atom. The minimum atomic E-state index is -0.186. The smallest absolute Gasteiger partial charge is 0.272 e. The Hall–Kier alpha value is -3.44. The summed E-state index contributed by atoms with van der Waals surface area (Å²) in [7, 11) is 0. The number of halogens is 1. The largest absolute Gasteiger partial charge is 0.352 e. The van der Waals surface area contributed by atoms with Gasteiger partial charge in [-0.05, 0) is 48.7 Å². The highest BCUT2D eigenvalue weighted by atomic mass is 35.5. The average Bonchev–Trinajstić information content (AvgIpc) is 2.78. The van der Waals surface area contributed by atoms with Gasteiger partial charge < -0.3 is 9.88 Å². The zero-order valence-corrected chi connectivity index (χ0v) is 17.9. The van der Waals surface area contributed by atoms with Crippen LogP contribution in [0.4, 0.5) is 0 Å². The van der Waals surface area contributed by atoms with E-state index in [1.165, 1.54) is 0 Å². The first-order chi connectivity index (χ1) is 15.0. The summed E-state index contributed by atoms with van der Waals surface area (Å²) in [6, 6.07) is 22.6. The van der Waals surface area contributed by atoms with Gasteiger partial charge in [0.15, 0.2) is 0 Å². The van der Waals surface area contributed by atoms with E-state index >= 15 is 0 Å². The van der Waals surface area contributed by atoms with Gasteiger partial charge in [0.25, 0.3) is 11.5 Å². The van der Waals surface area contributed by atoms with Gasteiger partial charge in [-0.15, -0.1) is 0 Å². The summed E-state index contributed by atoms with van der Waals surface area (Å²) in [4.78, 5) is 29.8. The molecule has 0 saturated carbocycles. The number of benzene rings is 3. The Bertz CT molecular complexity index is 1300. The fraction of sp³-hybridized carbons (Fsp3) is 0.160. The molecule has 0 aliphatic heterocycles. The second-order valence-electron chi connectivity index (χ2n) is 7.37. The fourth-order valence-electron chi connectivity index (χ4n) is 3.55. The molecular weight excluding hydrogens is 410 g/mol. The Labute approximate surface area is 185 Å². The maximum atomic E-state index is 12.7. The number of hydrogen-bond donors (Lipinski definition) is 1. The molecule has 156 valence electrons. The van der Waals surface area contributed by atoms with Crippen molar-refractivity contribution >= 4 is 28.5 Å². The van der Waals surface area contributed by atoms with Crippen LogP contribution in [0.2, 0.25) is 5.02 Å². The number of carbonyl (C=O) groups excluding carboxylic acids is 1. The normalized spacial score (nSPS) is 10.9. The highest BCUT2D eigenvalue weighted by Gasteiger charge is 2.12. The van der Waals surface area contributed by atoms with Crippen molar-refractivity contribution in [3.8, 4) is 0 Å². The van der Waals surface area contributed by atoms with Crippen molar-refractivity contribution in [2.45, 2.75) is 19.9 Å². The number of amides is 1. The highest BCUT2D eigenvalue weighted by Crippen LogP contribution is 2.16. The first-order valence-electron chi connectivity index (χ1n) is 10.1. The molecule has 0 saturated heterocycles. The highest BCUT2D eigenvalue weighted by molar-refractivity contribution is 6.31. The van der Waals surface area contributed by atoms with Gasteiger partial charge in [0, 0.05) is 17.1 Å². The molecular formula is C25H22ClN3O2. The molecule has 1 aromatic heterocycles. The van der Waals surface area contributed by atoms with Crippen LogP contribution in [0.3, 0.4) is 0 Å². The van der Waals surface area contributed by atoms with E-state index in [0.29, 0.717) is 46.8 Å². The summed E-state index contributed by atoms with van der Waals surface area (Å²) in [6.45, 7) is 2.61. The van der Waals surface area contributed by atoms with E-state index in [1.807, 2.05) is 54.6 Å². The molecule has 1 heterocycles. The van der Waals surface area contributed by atoms with Gasteiger partial charge in [0.05, 0.1) is 17.6 Å². The number of nitrogens with one attached hydrogen (secondary N) is 1. The number of carbonyl (C=O) groups is 1. The van der Waals surface area contributed by atoms with Gasteiger partial charge in [-0.25, -0.2) is 4.98 Å². The van der Waals surface area contributed by atoms with Gasteiger partial charge in [-0.3, -0.25) is 9.59 Å². The summed E-state index contributed by atoms with van der Waals surface area (Å²) < 4.78 is 1.70. The third-order valence-electron chi connectivity index (χ3n) is 5.19. The summed E-state index contributed by atoms with van der Waals surface area (Å²) in [5, 5.41) is 3.62. The molecule has 31 heavy (non-hydrogen) atoms. The topological polar surface area (TPSA) is 64.0 Å². The van der Waals surface area contributed by atoms with Crippen LogP contribution >= 0.6 is 11.6 Å². The lowest BCUT2D eigenvalue weighted by Gasteiger charge is -2.12. The number of hydrogen-bond acceptors (Lipinski definition) is 3. The van der Waals surface area contributed by atoms with Crippen LogP contribution < -0.4 is 10.9 Å². The molecule has 3 aromatic carbocycles. The van der Waals surface area contributed by atoms with Crippen LogP contribution in [0.5, 0.6) is 0 Å². The van der Waals surface area contributed by atoms with Gasteiger partial charge in [0.1, 0.15) is 5.69 Å². The molecule has 0 spiro atoms. The molecule has 4 aromatic rings. The van der Waals surface area contributed by atoms with E-state index in [0.717, 1.165) is 11.1 Å². The van der Waals surface area contributed by atoms with E-state index in [4.69, 9.17) is 11.6 Å². The summed E-state index contributed by atoms with van der Waals surface area (Å²) in [5.41, 5.74) is 4.11. The predicted molar refractivity (Wildman–Crippen MR) is 124 cm³/mol. The Kier molecular flexibility index (Phi) is 6.14. The maximum absolute atomic E-state index is 12.7. The molecule has 6 heteroatoms. The Morgan fingerprint density at radius 3 is 2.55 bits per heavy atom. The monoisotopic (exact) mass is 431 g/mol. The summed E-state index contributed by atoms with van der Waals surface area (Å²) in [5.74, 6) is -0.186. The van der Waals surface area contributed by atoms with Crippen LogP contribution in [0.1, 0.15) is 27.2 Å². The molecule has 0 radical (unpaired) electrons. The third kappa shape index (κ3) is 4.67. The van der Waals surface area contributed by atoms with Crippen LogP contribution in [0, 0.1) is 6.92 Å². The number of rotatable bonds is 6. The SMILES string of the molecule is Cc1nc2cc(C(=O)NCCc3ccccc3Cl)ccc2n(Cc2ccccc2)c1=O. The second-order valence-corrected chi connectivity index (χ2v) is 7.78. The number of nitrogens with zero attached hydrogens (tertiary/aromatic N) is 2. The van der Waals surface area contributed by atoms with Crippen LogP contribution in [-0.2, 0) is 13.0 Å². The van der Waals surface area contributed by atoms with Gasteiger partial charge in [0.2, 0.25) is 0 Å². The Balaban J connectivity index is 1.56. The summed E-state index contributed by atoms with van der Waals surface area (Å²) >= 11 is 6.17. The molecule has 0 aliphatic rings. The standard InChI is InChI=1S/C25H22ClN3O2/c1-17-25(31)29(16-18-7-3-2-4-8-18)23-12-11-20(15-22(23)28-17)24(30)27-14-13-19-9-5-6-10-21(19)26/h2-12,15H,13-14,16H2,1H3,(H,27,30). The quantitative estimate of drug-likeness (QED) is 0.492. The molecule has 0 bridgehead atoms. The summed E-state index contributed by atoms with van der Waals surface area (Å²) in [6.07, 6.45) is 0.646. The molecule has 0 atom stereocenters. The van der Waals surface area contributed by atoms with E-state index < -0.39 is 0 Å². The minimum absolute atomic E-state index is 0.131. The number of aryl methyl sites for hydroxylation is 1. The maximum Gasteiger partial charge on any atom is 0.272 e. The molecule has 4 rings (SSSR count). The molecule has 5 nitrogen and oxygen atoms in total. The number of aromatic nitrogens is 2. The van der Waals surface area contributed by atoms with Crippen LogP contribution in [0.15, 0.2) is 77.6 Å². The third-order valence-corrected chi connectivity index (χ3v) is 5.56. The van der Waals surface area contributed by atoms with Crippen molar-refractivity contribution in [2.24, 2.45) is 0 Å². The van der Waals surface area contributed by atoms with Crippen LogP contribution in [-0.4, -0.2) is 22.0 Å². The van der Waals surface area contributed by atoms with Crippen LogP contribution in [0.25, 0.3) is 11.0 Å². The van der Waals surface area contributed by atoms with Crippen molar-refractivity contribution in [1.29, 1.82) is 0 Å². The fourth-order valence-corrected chi connectivity index (χ4v) is 3.78. The lowest BCUT2D eigenvalue weighted by molar-refractivity contribution is 0.0954. The Morgan fingerprint density at radius 1 is 1.03 bits per heavy atom. The first-order valence-corrected chi connectivity index (χ1v) is 10.5. The predicted octanol–water partition coefficient (Wildman–Crippen LogP) is 4.38. The van der Waals surface area contributed by atoms with Crippen molar-refractivity contribution in [3.05, 3.63) is 111 Å². The van der Waals surface area contributed by atoms with Crippen molar-refractivity contribution in [1.82, 2.24) is 14.9 Å².